The third kappa shape index (κ3) is 9.71. The Bertz CT molecular complexity index is 1270. The summed E-state index contributed by atoms with van der Waals surface area (Å²) < 4.78 is 25.4. The zero-order chi connectivity index (χ0) is 29.8. The van der Waals surface area contributed by atoms with Crippen LogP contribution in [-0.2, 0) is 33.3 Å². The number of benzene rings is 2. The fraction of sp³-hybridized carbons (Fsp3) is 0.233. The third-order valence-corrected chi connectivity index (χ3v) is 4.95. The van der Waals surface area contributed by atoms with Gasteiger partial charge >= 0.3 is 29.8 Å². The molecule has 0 aliphatic heterocycles. The summed E-state index contributed by atoms with van der Waals surface area (Å²) in [6, 6.07) is 10.7. The standard InChI is InChI=1S/C30H30O10/c1-18(2)26(31)36-11-13-38-29(34)23-15-22(21-7-9-25(10-8-21)40-28(33)20(5)6)16-24(17-23)30(35)39-14-12-37-27(32)19(3)4/h7-10,15-17H,1,3,5,11-14H2,2,4,6H3. The maximum absolute atomic E-state index is 12.8. The van der Waals surface area contributed by atoms with Crippen LogP contribution in [0.1, 0.15) is 41.5 Å². The quantitative estimate of drug-likeness (QED) is 0.116. The molecule has 210 valence electrons. The summed E-state index contributed by atoms with van der Waals surface area (Å²) in [6.07, 6.45) is 0. The second-order valence-electron chi connectivity index (χ2n) is 8.60. The maximum Gasteiger partial charge on any atom is 0.338 e. The highest BCUT2D eigenvalue weighted by Crippen LogP contribution is 2.26. The van der Waals surface area contributed by atoms with Gasteiger partial charge in [0.15, 0.2) is 0 Å². The predicted molar refractivity (Wildman–Crippen MR) is 144 cm³/mol. The fourth-order valence-corrected chi connectivity index (χ4v) is 2.89. The minimum absolute atomic E-state index is 0.0298. The number of carbonyl (C=O) groups is 5. The highest BCUT2D eigenvalue weighted by molar-refractivity contribution is 5.97. The Morgan fingerprint density at radius 3 is 1.35 bits per heavy atom. The van der Waals surface area contributed by atoms with Crippen LogP contribution in [-0.4, -0.2) is 56.3 Å². The number of carbonyl (C=O) groups excluding carboxylic acids is 5. The van der Waals surface area contributed by atoms with Gasteiger partial charge < -0.3 is 23.7 Å². The molecular formula is C30H30O10. The molecule has 0 radical (unpaired) electrons. The van der Waals surface area contributed by atoms with Gasteiger partial charge in [-0.15, -0.1) is 0 Å². The van der Waals surface area contributed by atoms with Gasteiger partial charge in [0.1, 0.15) is 32.2 Å². The molecule has 2 rings (SSSR count). The van der Waals surface area contributed by atoms with E-state index in [2.05, 4.69) is 19.7 Å². The average Bonchev–Trinajstić information content (AvgIpc) is 2.92. The van der Waals surface area contributed by atoms with Crippen molar-refractivity contribution in [2.24, 2.45) is 0 Å². The molecule has 2 aromatic rings. The lowest BCUT2D eigenvalue weighted by molar-refractivity contribution is -0.140. The van der Waals surface area contributed by atoms with E-state index in [4.69, 9.17) is 23.7 Å². The second-order valence-corrected chi connectivity index (χ2v) is 8.60. The van der Waals surface area contributed by atoms with Crippen LogP contribution >= 0.6 is 0 Å². The molecule has 0 unspecified atom stereocenters. The van der Waals surface area contributed by atoms with Crippen LogP contribution in [0.15, 0.2) is 78.9 Å². The zero-order valence-corrected chi connectivity index (χ0v) is 22.6. The monoisotopic (exact) mass is 550 g/mol. The van der Waals surface area contributed by atoms with Gasteiger partial charge in [0.2, 0.25) is 0 Å². The number of esters is 5. The number of hydrogen-bond donors (Lipinski definition) is 0. The normalized spacial score (nSPS) is 10.1. The van der Waals surface area contributed by atoms with E-state index in [-0.39, 0.29) is 60.0 Å². The van der Waals surface area contributed by atoms with Gasteiger partial charge in [-0.2, -0.15) is 0 Å². The van der Waals surface area contributed by atoms with Crippen molar-refractivity contribution in [1.29, 1.82) is 0 Å². The van der Waals surface area contributed by atoms with Crippen LogP contribution in [0.5, 0.6) is 5.75 Å². The van der Waals surface area contributed by atoms with Crippen molar-refractivity contribution < 1.29 is 47.7 Å². The lowest BCUT2D eigenvalue weighted by atomic mass is 9.99. The van der Waals surface area contributed by atoms with Crippen LogP contribution in [0.25, 0.3) is 11.1 Å². The summed E-state index contributed by atoms with van der Waals surface area (Å²) in [5.74, 6) is -3.08. The Morgan fingerprint density at radius 2 is 0.950 bits per heavy atom. The van der Waals surface area contributed by atoms with Gasteiger partial charge in [-0.1, -0.05) is 31.9 Å². The Balaban J connectivity index is 2.24. The molecule has 0 saturated heterocycles. The molecule has 10 nitrogen and oxygen atoms in total. The molecule has 0 N–H and O–H groups in total. The average molecular weight is 551 g/mol. The summed E-state index contributed by atoms with van der Waals surface area (Å²) in [5, 5.41) is 0. The molecule has 0 amide bonds. The van der Waals surface area contributed by atoms with Gasteiger partial charge in [0, 0.05) is 16.7 Å². The molecule has 0 heterocycles. The number of rotatable bonds is 13. The summed E-state index contributed by atoms with van der Waals surface area (Å²) in [4.78, 5) is 60.3. The molecule has 0 aromatic heterocycles. The highest BCUT2D eigenvalue weighted by atomic mass is 16.6. The minimum Gasteiger partial charge on any atom is -0.459 e. The lowest BCUT2D eigenvalue weighted by Gasteiger charge is -2.12. The van der Waals surface area contributed by atoms with E-state index in [0.717, 1.165) is 0 Å². The lowest BCUT2D eigenvalue weighted by Crippen LogP contribution is -2.16. The van der Waals surface area contributed by atoms with Crippen molar-refractivity contribution in [2.75, 3.05) is 26.4 Å². The Labute approximate surface area is 231 Å². The topological polar surface area (TPSA) is 132 Å². The maximum atomic E-state index is 12.8. The van der Waals surface area contributed by atoms with Crippen molar-refractivity contribution in [2.45, 2.75) is 20.8 Å². The van der Waals surface area contributed by atoms with Crippen molar-refractivity contribution in [3.05, 3.63) is 90.0 Å². The van der Waals surface area contributed by atoms with Crippen LogP contribution < -0.4 is 4.74 Å². The molecule has 0 bridgehead atoms. The first-order valence-electron chi connectivity index (χ1n) is 12.0. The molecule has 0 saturated carbocycles. The van der Waals surface area contributed by atoms with E-state index < -0.39 is 29.8 Å². The van der Waals surface area contributed by atoms with Crippen molar-refractivity contribution >= 4 is 29.8 Å². The highest BCUT2D eigenvalue weighted by Gasteiger charge is 2.17. The van der Waals surface area contributed by atoms with Gasteiger partial charge in [0.25, 0.3) is 0 Å². The molecule has 0 fully saturated rings. The number of ether oxygens (including phenoxy) is 5. The SMILES string of the molecule is C=C(C)C(=O)OCCOC(=O)c1cc(C(=O)OCCOC(=O)C(=C)C)cc(-c2ccc(OC(=O)C(=C)C)cc2)c1. The second kappa shape index (κ2) is 14.8. The van der Waals surface area contributed by atoms with Gasteiger partial charge in [-0.05, 0) is 62.2 Å². The molecule has 0 spiro atoms. The Kier molecular flexibility index (Phi) is 11.6. The summed E-state index contributed by atoms with van der Waals surface area (Å²) >= 11 is 0. The minimum atomic E-state index is -0.773. The third-order valence-electron chi connectivity index (χ3n) is 4.95. The number of hydrogen-bond acceptors (Lipinski definition) is 10. The Morgan fingerprint density at radius 1 is 0.550 bits per heavy atom. The first kappa shape index (κ1) is 31.2. The molecule has 0 aliphatic carbocycles. The van der Waals surface area contributed by atoms with Crippen LogP contribution in [0.2, 0.25) is 0 Å². The first-order valence-corrected chi connectivity index (χ1v) is 12.0. The van der Waals surface area contributed by atoms with Crippen LogP contribution in [0, 0.1) is 0 Å². The molecule has 0 aliphatic rings. The van der Waals surface area contributed by atoms with E-state index in [0.29, 0.717) is 11.1 Å². The smallest absolute Gasteiger partial charge is 0.338 e. The fourth-order valence-electron chi connectivity index (χ4n) is 2.89. The van der Waals surface area contributed by atoms with Crippen LogP contribution in [0.3, 0.4) is 0 Å². The van der Waals surface area contributed by atoms with Crippen molar-refractivity contribution in [3.8, 4) is 16.9 Å². The van der Waals surface area contributed by atoms with Crippen LogP contribution in [0.4, 0.5) is 0 Å². The first-order chi connectivity index (χ1) is 18.9. The largest absolute Gasteiger partial charge is 0.459 e. The molecule has 2 aromatic carbocycles. The van der Waals surface area contributed by atoms with E-state index in [9.17, 15) is 24.0 Å². The zero-order valence-electron chi connectivity index (χ0n) is 22.6. The summed E-state index contributed by atoms with van der Waals surface area (Å²) in [6.45, 7) is 14.2. The molecular weight excluding hydrogens is 520 g/mol. The van der Waals surface area contributed by atoms with Crippen molar-refractivity contribution in [1.82, 2.24) is 0 Å². The van der Waals surface area contributed by atoms with E-state index in [1.165, 1.54) is 39.0 Å². The molecule has 0 atom stereocenters. The van der Waals surface area contributed by atoms with Gasteiger partial charge in [0.05, 0.1) is 11.1 Å². The predicted octanol–water partition coefficient (Wildman–Crippen LogP) is 4.39. The van der Waals surface area contributed by atoms with Gasteiger partial charge in [-0.3, -0.25) is 0 Å². The van der Waals surface area contributed by atoms with E-state index >= 15 is 0 Å². The van der Waals surface area contributed by atoms with E-state index in [1.54, 1.807) is 24.3 Å². The van der Waals surface area contributed by atoms with Gasteiger partial charge in [-0.25, -0.2) is 24.0 Å². The van der Waals surface area contributed by atoms with E-state index in [1.807, 2.05) is 0 Å². The molecule has 10 heteroatoms. The molecule has 40 heavy (non-hydrogen) atoms. The summed E-state index contributed by atoms with van der Waals surface area (Å²) in [5.41, 5.74) is 1.76. The van der Waals surface area contributed by atoms with Crippen molar-refractivity contribution in [3.63, 3.8) is 0 Å². The Hall–Kier alpha value is -4.99. The summed E-state index contributed by atoms with van der Waals surface area (Å²) in [7, 11) is 0.